The second kappa shape index (κ2) is 10.1. The van der Waals surface area contributed by atoms with Crippen molar-refractivity contribution in [1.29, 1.82) is 0 Å². The van der Waals surface area contributed by atoms with Gasteiger partial charge < -0.3 is 9.64 Å². The number of nitrogens with one attached hydrogen (secondary N) is 1. The van der Waals surface area contributed by atoms with Gasteiger partial charge in [-0.2, -0.15) is 0 Å². The van der Waals surface area contributed by atoms with E-state index in [2.05, 4.69) is 32.4 Å². The number of nitroso groups, excluding NO2 is 1. The maximum atomic E-state index is 13.4. The number of pyridine rings is 1. The topological polar surface area (TPSA) is 100 Å². The number of amides is 1. The molecule has 0 atom stereocenters. The number of ether oxygens (including phenoxy) is 1. The van der Waals surface area contributed by atoms with Crippen molar-refractivity contribution >= 4 is 28.1 Å². The molecule has 1 aliphatic carbocycles. The first-order valence-corrected chi connectivity index (χ1v) is 11.4. The number of hydrazine groups is 1. The van der Waals surface area contributed by atoms with Gasteiger partial charge in [-0.15, -0.1) is 10.2 Å². The molecule has 180 valence electrons. The molecule has 2 aromatic heterocycles. The van der Waals surface area contributed by atoms with E-state index in [1.807, 2.05) is 0 Å². The van der Waals surface area contributed by atoms with Gasteiger partial charge in [-0.3, -0.25) is 9.78 Å². The van der Waals surface area contributed by atoms with Gasteiger partial charge in [0.2, 0.25) is 0 Å². The maximum absolute atomic E-state index is 13.4. The fraction of sp³-hybridized carbons (Fsp3) is 0.304. The maximum Gasteiger partial charge on any atom is 0.300 e. The number of nitrogens with zero attached hydrogens (tertiary/aromatic N) is 5. The summed E-state index contributed by atoms with van der Waals surface area (Å²) < 4.78 is 32.1. The molecule has 0 unspecified atom stereocenters. The molecule has 3 aromatic rings. The number of alkyl halides is 2. The standard InChI is InChI=1S/C23H21F2N6O3S/c1-30(2)22(32)14-7-8-18(15(10-14)16-11-17(21(24)25)26-12-19(16)34-3)31(33)29-23-28-27-20(35-23)9-6-13-4-5-13/h7-8,10-13,21H,4-5H2,1-3H3,(H,28,29,33)/q+1. The molecule has 0 spiro atoms. The average molecular weight is 500 g/mol. The van der Waals surface area contributed by atoms with Crippen molar-refractivity contribution in [3.8, 4) is 28.7 Å². The monoisotopic (exact) mass is 499 g/mol. The molecular weight excluding hydrogens is 478 g/mol. The lowest BCUT2D eigenvalue weighted by molar-refractivity contribution is -0.427. The lowest BCUT2D eigenvalue weighted by atomic mass is 9.99. The van der Waals surface area contributed by atoms with E-state index in [-0.39, 0.29) is 39.2 Å². The third-order valence-electron chi connectivity index (χ3n) is 5.07. The zero-order valence-electron chi connectivity index (χ0n) is 19.1. The fourth-order valence-electron chi connectivity index (χ4n) is 3.13. The van der Waals surface area contributed by atoms with E-state index in [1.54, 1.807) is 14.1 Å². The summed E-state index contributed by atoms with van der Waals surface area (Å²) >= 11 is 1.11. The summed E-state index contributed by atoms with van der Waals surface area (Å²) in [7, 11) is 4.52. The van der Waals surface area contributed by atoms with Gasteiger partial charge in [0.15, 0.2) is 9.88 Å². The highest BCUT2D eigenvalue weighted by atomic mass is 32.1. The van der Waals surface area contributed by atoms with Crippen LogP contribution in [0.15, 0.2) is 30.5 Å². The molecule has 1 aliphatic rings. The van der Waals surface area contributed by atoms with Gasteiger partial charge in [0.05, 0.1) is 23.8 Å². The Hall–Kier alpha value is -3.98. The van der Waals surface area contributed by atoms with Crippen LogP contribution in [0, 0.1) is 22.7 Å². The van der Waals surface area contributed by atoms with Crippen molar-refractivity contribution in [3.63, 3.8) is 0 Å². The Morgan fingerprint density at radius 2 is 2.03 bits per heavy atom. The molecule has 0 radical (unpaired) electrons. The van der Waals surface area contributed by atoms with E-state index in [1.165, 1.54) is 30.2 Å². The van der Waals surface area contributed by atoms with Crippen molar-refractivity contribution in [3.05, 3.63) is 51.6 Å². The Kier molecular flexibility index (Phi) is 6.97. The fourth-order valence-corrected chi connectivity index (χ4v) is 3.71. The summed E-state index contributed by atoms with van der Waals surface area (Å²) in [5.74, 6) is 6.24. The molecular formula is C23H21F2N6O3S+. The Bertz CT molecular complexity index is 1340. The molecule has 9 nitrogen and oxygen atoms in total. The van der Waals surface area contributed by atoms with Gasteiger partial charge in [0.1, 0.15) is 11.4 Å². The second-order valence-corrected chi connectivity index (χ2v) is 8.88. The number of methoxy groups -OCH3 is 1. The van der Waals surface area contributed by atoms with Crippen LogP contribution < -0.4 is 10.2 Å². The van der Waals surface area contributed by atoms with Crippen LogP contribution in [-0.2, 0) is 0 Å². The van der Waals surface area contributed by atoms with Crippen LogP contribution in [0.3, 0.4) is 0 Å². The Morgan fingerprint density at radius 3 is 2.69 bits per heavy atom. The second-order valence-electron chi connectivity index (χ2n) is 7.90. The van der Waals surface area contributed by atoms with Crippen LogP contribution in [0.2, 0.25) is 0 Å². The molecule has 1 amide bonds. The SMILES string of the molecule is COc1cnc(C(F)F)cc1-c1cc(C(=O)N(C)C)ccc1[N+](=O)Nc1nnc(C#CC2CC2)s1. The summed E-state index contributed by atoms with van der Waals surface area (Å²) in [6.45, 7) is 0. The van der Waals surface area contributed by atoms with Crippen LogP contribution in [-0.4, -0.2) is 52.1 Å². The number of aromatic nitrogens is 3. The number of hydrogen-bond acceptors (Lipinski definition) is 7. The van der Waals surface area contributed by atoms with Gasteiger partial charge in [-0.1, -0.05) is 22.7 Å². The van der Waals surface area contributed by atoms with Crippen molar-refractivity contribution in [2.45, 2.75) is 19.3 Å². The molecule has 1 fully saturated rings. The zero-order chi connectivity index (χ0) is 25.1. The number of carbonyl (C=O) groups excluding carboxylic acids is 1. The molecule has 1 aromatic carbocycles. The highest BCUT2D eigenvalue weighted by molar-refractivity contribution is 7.15. The molecule has 2 heterocycles. The number of hydrogen-bond donors (Lipinski definition) is 1. The summed E-state index contributed by atoms with van der Waals surface area (Å²) in [6.07, 6.45) is 0.463. The Balaban J connectivity index is 1.74. The van der Waals surface area contributed by atoms with Gasteiger partial charge in [0, 0.05) is 37.2 Å². The molecule has 1 saturated carbocycles. The number of anilines is 1. The summed E-state index contributed by atoms with van der Waals surface area (Å²) in [5.41, 5.74) is 2.77. The van der Waals surface area contributed by atoms with Crippen molar-refractivity contribution in [2.75, 3.05) is 26.6 Å². The molecule has 0 aliphatic heterocycles. The Labute approximate surface area is 203 Å². The summed E-state index contributed by atoms with van der Waals surface area (Å²) in [5, 5.41) is 8.58. The highest BCUT2D eigenvalue weighted by Crippen LogP contribution is 2.38. The third-order valence-corrected chi connectivity index (χ3v) is 5.82. The first kappa shape index (κ1) is 24.2. The Morgan fingerprint density at radius 1 is 1.26 bits per heavy atom. The first-order chi connectivity index (χ1) is 16.8. The van der Waals surface area contributed by atoms with Crippen LogP contribution in [0.1, 0.15) is 40.3 Å². The van der Waals surface area contributed by atoms with E-state index in [0.29, 0.717) is 15.8 Å². The van der Waals surface area contributed by atoms with Gasteiger partial charge >= 0.3 is 0 Å². The zero-order valence-corrected chi connectivity index (χ0v) is 19.9. The van der Waals surface area contributed by atoms with E-state index < -0.39 is 12.1 Å². The van der Waals surface area contributed by atoms with E-state index in [9.17, 15) is 18.5 Å². The average Bonchev–Trinajstić information content (AvgIpc) is 3.58. The van der Waals surface area contributed by atoms with Gasteiger partial charge in [0.25, 0.3) is 23.2 Å². The smallest absolute Gasteiger partial charge is 0.300 e. The third kappa shape index (κ3) is 5.58. The molecule has 12 heteroatoms. The van der Waals surface area contributed by atoms with Gasteiger partial charge in [-0.25, -0.2) is 8.78 Å². The molecule has 4 rings (SSSR count). The molecule has 0 bridgehead atoms. The molecule has 1 N–H and O–H groups in total. The van der Waals surface area contributed by atoms with Crippen molar-refractivity contribution in [1.82, 2.24) is 20.1 Å². The molecule has 0 saturated heterocycles. The minimum Gasteiger partial charge on any atom is -0.494 e. The first-order valence-electron chi connectivity index (χ1n) is 10.5. The largest absolute Gasteiger partial charge is 0.494 e. The van der Waals surface area contributed by atoms with Crippen molar-refractivity contribution < 1.29 is 23.2 Å². The summed E-state index contributed by atoms with van der Waals surface area (Å²) in [6, 6.07) is 5.48. The summed E-state index contributed by atoms with van der Waals surface area (Å²) in [4.78, 5) is 31.2. The minimum absolute atomic E-state index is 0.0471. The van der Waals surface area contributed by atoms with E-state index in [0.717, 1.165) is 36.4 Å². The van der Waals surface area contributed by atoms with Crippen molar-refractivity contribution in [2.24, 2.45) is 5.92 Å². The number of carbonyl (C=O) groups is 1. The minimum atomic E-state index is -2.84. The molecule has 35 heavy (non-hydrogen) atoms. The number of halogens is 2. The quantitative estimate of drug-likeness (QED) is 0.291. The predicted octanol–water partition coefficient (Wildman–Crippen LogP) is 4.45. The van der Waals surface area contributed by atoms with Crippen LogP contribution in [0.4, 0.5) is 19.6 Å². The normalized spacial score (nSPS) is 12.6. The lowest BCUT2D eigenvalue weighted by Gasteiger charge is -2.13. The van der Waals surface area contributed by atoms with E-state index in [4.69, 9.17) is 4.74 Å². The van der Waals surface area contributed by atoms with Gasteiger partial charge in [-0.05, 0) is 37.0 Å². The lowest BCUT2D eigenvalue weighted by Crippen LogP contribution is -2.22. The van der Waals surface area contributed by atoms with E-state index >= 15 is 0 Å². The van der Waals surface area contributed by atoms with Crippen LogP contribution in [0.5, 0.6) is 5.75 Å². The van der Waals surface area contributed by atoms with Crippen LogP contribution in [0.25, 0.3) is 11.1 Å². The predicted molar refractivity (Wildman–Crippen MR) is 126 cm³/mol. The number of benzene rings is 1. The van der Waals surface area contributed by atoms with Crippen LogP contribution >= 0.6 is 11.3 Å². The highest BCUT2D eigenvalue weighted by Gasteiger charge is 2.28. The number of rotatable bonds is 7.